The molecule has 1 aliphatic rings. The normalized spacial score (nSPS) is 21.7. The lowest BCUT2D eigenvalue weighted by atomic mass is 9.83. The summed E-state index contributed by atoms with van der Waals surface area (Å²) in [5.41, 5.74) is 1.32. The van der Waals surface area contributed by atoms with E-state index in [0.717, 1.165) is 31.4 Å². The van der Waals surface area contributed by atoms with Crippen LogP contribution < -0.4 is 4.74 Å². The van der Waals surface area contributed by atoms with Crippen LogP contribution in [0, 0.1) is 0 Å². The molecule has 0 spiro atoms. The lowest BCUT2D eigenvalue weighted by molar-refractivity contribution is -0.145. The summed E-state index contributed by atoms with van der Waals surface area (Å²) in [5.74, 6) is 0.493. The molecule has 1 N–H and O–H groups in total. The van der Waals surface area contributed by atoms with Crippen LogP contribution in [0.25, 0.3) is 0 Å². The van der Waals surface area contributed by atoms with Gasteiger partial charge in [-0.1, -0.05) is 24.8 Å². The highest BCUT2D eigenvalue weighted by Gasteiger charge is 2.23. The van der Waals surface area contributed by atoms with Gasteiger partial charge in [0.05, 0.1) is 6.10 Å². The van der Waals surface area contributed by atoms with E-state index in [1.54, 1.807) is 6.08 Å². The van der Waals surface area contributed by atoms with Crippen molar-refractivity contribution in [1.29, 1.82) is 0 Å². The summed E-state index contributed by atoms with van der Waals surface area (Å²) < 4.78 is 10.8. The molecule has 0 amide bonds. The predicted octanol–water partition coefficient (Wildman–Crippen LogP) is 3.38. The first-order valence-electron chi connectivity index (χ1n) is 7.36. The Balaban J connectivity index is 1.81. The Morgan fingerprint density at radius 3 is 2.48 bits per heavy atom. The summed E-state index contributed by atoms with van der Waals surface area (Å²) in [6.45, 7) is 3.96. The lowest BCUT2D eigenvalue weighted by Gasteiger charge is -2.28. The minimum absolute atomic E-state index is 0.0903. The maximum absolute atomic E-state index is 10.5. The summed E-state index contributed by atoms with van der Waals surface area (Å²) in [4.78, 5) is 10.5. The number of hydrogen-bond donors (Lipinski definition) is 1. The van der Waals surface area contributed by atoms with Crippen molar-refractivity contribution in [2.45, 2.75) is 37.7 Å². The van der Waals surface area contributed by atoms with Crippen LogP contribution in [0.3, 0.4) is 0 Å². The van der Waals surface area contributed by atoms with Gasteiger partial charge in [0.1, 0.15) is 19.0 Å². The standard InChI is InChI=1S/C17H22O4/c1-2-11-20-15-7-3-13(4-8-15)14-5-9-16(10-6-14)21-12-17(18)19/h2-4,7-8,14,16H,1,5-6,9-12H2,(H,18,19). The minimum Gasteiger partial charge on any atom is -0.490 e. The van der Waals surface area contributed by atoms with E-state index in [0.29, 0.717) is 12.5 Å². The molecule has 1 saturated carbocycles. The monoisotopic (exact) mass is 290 g/mol. The summed E-state index contributed by atoms with van der Waals surface area (Å²) in [7, 11) is 0. The zero-order valence-corrected chi connectivity index (χ0v) is 12.2. The van der Waals surface area contributed by atoms with Gasteiger partial charge in [0, 0.05) is 0 Å². The molecular weight excluding hydrogens is 268 g/mol. The molecule has 2 rings (SSSR count). The molecule has 0 atom stereocenters. The second kappa shape index (κ2) is 7.84. The third kappa shape index (κ3) is 4.90. The Morgan fingerprint density at radius 2 is 1.90 bits per heavy atom. The third-order valence-electron chi connectivity index (χ3n) is 3.84. The first-order chi connectivity index (χ1) is 10.2. The first-order valence-corrected chi connectivity index (χ1v) is 7.36. The molecule has 1 aliphatic carbocycles. The zero-order chi connectivity index (χ0) is 15.1. The highest BCUT2D eigenvalue weighted by atomic mass is 16.5. The maximum atomic E-state index is 10.5. The predicted molar refractivity (Wildman–Crippen MR) is 80.7 cm³/mol. The molecule has 4 nitrogen and oxygen atoms in total. The van der Waals surface area contributed by atoms with E-state index in [4.69, 9.17) is 14.6 Å². The van der Waals surface area contributed by atoms with Gasteiger partial charge in [-0.25, -0.2) is 4.79 Å². The molecular formula is C17H22O4. The van der Waals surface area contributed by atoms with Gasteiger partial charge < -0.3 is 14.6 Å². The minimum atomic E-state index is -0.896. The Morgan fingerprint density at radius 1 is 1.24 bits per heavy atom. The summed E-state index contributed by atoms with van der Waals surface area (Å²) in [6, 6.07) is 8.21. The number of hydrogen-bond acceptors (Lipinski definition) is 3. The zero-order valence-electron chi connectivity index (χ0n) is 12.2. The van der Waals surface area contributed by atoms with Crippen LogP contribution >= 0.6 is 0 Å². The Bertz CT molecular complexity index is 458. The average molecular weight is 290 g/mol. The third-order valence-corrected chi connectivity index (χ3v) is 3.84. The molecule has 0 bridgehead atoms. The van der Waals surface area contributed by atoms with Gasteiger partial charge in [0.2, 0.25) is 0 Å². The quantitative estimate of drug-likeness (QED) is 0.782. The average Bonchev–Trinajstić information content (AvgIpc) is 2.52. The summed E-state index contributed by atoms with van der Waals surface area (Å²) >= 11 is 0. The van der Waals surface area contributed by atoms with Crippen molar-refractivity contribution in [1.82, 2.24) is 0 Å². The van der Waals surface area contributed by atoms with Gasteiger partial charge in [0.15, 0.2) is 0 Å². The van der Waals surface area contributed by atoms with E-state index in [-0.39, 0.29) is 12.7 Å². The fourth-order valence-corrected chi connectivity index (χ4v) is 2.74. The number of rotatable bonds is 7. The van der Waals surface area contributed by atoms with E-state index in [9.17, 15) is 4.79 Å². The van der Waals surface area contributed by atoms with Crippen LogP contribution in [0.2, 0.25) is 0 Å². The van der Waals surface area contributed by atoms with Gasteiger partial charge in [-0.2, -0.15) is 0 Å². The topological polar surface area (TPSA) is 55.8 Å². The van der Waals surface area contributed by atoms with E-state index in [2.05, 4.69) is 18.7 Å². The van der Waals surface area contributed by atoms with Crippen molar-refractivity contribution in [2.75, 3.05) is 13.2 Å². The van der Waals surface area contributed by atoms with E-state index in [1.165, 1.54) is 5.56 Å². The maximum Gasteiger partial charge on any atom is 0.329 e. The van der Waals surface area contributed by atoms with Crippen molar-refractivity contribution in [2.24, 2.45) is 0 Å². The fraction of sp³-hybridized carbons (Fsp3) is 0.471. The molecule has 21 heavy (non-hydrogen) atoms. The molecule has 1 aromatic carbocycles. The highest BCUT2D eigenvalue weighted by molar-refractivity contribution is 5.68. The molecule has 0 saturated heterocycles. The van der Waals surface area contributed by atoms with Crippen LogP contribution in [-0.4, -0.2) is 30.4 Å². The molecule has 0 aliphatic heterocycles. The summed E-state index contributed by atoms with van der Waals surface area (Å²) in [5, 5.41) is 8.62. The van der Waals surface area contributed by atoms with Crippen molar-refractivity contribution in [3.63, 3.8) is 0 Å². The van der Waals surface area contributed by atoms with Gasteiger partial charge in [-0.15, -0.1) is 0 Å². The molecule has 0 heterocycles. The van der Waals surface area contributed by atoms with Gasteiger partial charge in [-0.3, -0.25) is 0 Å². The lowest BCUT2D eigenvalue weighted by Crippen LogP contribution is -2.23. The van der Waals surface area contributed by atoms with Crippen LogP contribution in [0.5, 0.6) is 5.75 Å². The largest absolute Gasteiger partial charge is 0.490 e. The molecule has 4 heteroatoms. The molecule has 0 aromatic heterocycles. The van der Waals surface area contributed by atoms with Crippen molar-refractivity contribution >= 4 is 5.97 Å². The Labute approximate surface area is 125 Å². The molecule has 0 unspecified atom stereocenters. The number of carboxylic acid groups (broad SMARTS) is 1. The van der Waals surface area contributed by atoms with E-state index in [1.807, 2.05) is 12.1 Å². The van der Waals surface area contributed by atoms with Crippen LogP contribution in [0.4, 0.5) is 0 Å². The van der Waals surface area contributed by atoms with Crippen LogP contribution in [0.15, 0.2) is 36.9 Å². The number of ether oxygens (including phenoxy) is 2. The Hall–Kier alpha value is -1.81. The second-order valence-electron chi connectivity index (χ2n) is 5.35. The van der Waals surface area contributed by atoms with Crippen LogP contribution in [-0.2, 0) is 9.53 Å². The smallest absolute Gasteiger partial charge is 0.329 e. The molecule has 1 aromatic rings. The van der Waals surface area contributed by atoms with Gasteiger partial charge >= 0.3 is 5.97 Å². The fourth-order valence-electron chi connectivity index (χ4n) is 2.74. The molecule has 1 fully saturated rings. The number of benzene rings is 1. The van der Waals surface area contributed by atoms with Crippen molar-refractivity contribution in [3.8, 4) is 5.75 Å². The second-order valence-corrected chi connectivity index (χ2v) is 5.35. The van der Waals surface area contributed by atoms with Crippen molar-refractivity contribution < 1.29 is 19.4 Å². The number of carboxylic acids is 1. The SMILES string of the molecule is C=CCOc1ccc(C2CCC(OCC(=O)O)CC2)cc1. The van der Waals surface area contributed by atoms with E-state index < -0.39 is 5.97 Å². The Kier molecular flexibility index (Phi) is 5.81. The highest BCUT2D eigenvalue weighted by Crippen LogP contribution is 2.34. The van der Waals surface area contributed by atoms with Crippen molar-refractivity contribution in [3.05, 3.63) is 42.5 Å². The molecule has 114 valence electrons. The van der Waals surface area contributed by atoms with Crippen LogP contribution in [0.1, 0.15) is 37.2 Å². The van der Waals surface area contributed by atoms with Gasteiger partial charge in [-0.05, 0) is 49.3 Å². The molecule has 0 radical (unpaired) electrons. The number of aliphatic carboxylic acids is 1. The first kappa shape index (κ1) is 15.6. The van der Waals surface area contributed by atoms with Gasteiger partial charge in [0.25, 0.3) is 0 Å². The van der Waals surface area contributed by atoms with E-state index >= 15 is 0 Å². The number of carbonyl (C=O) groups is 1. The summed E-state index contributed by atoms with van der Waals surface area (Å²) in [6.07, 6.45) is 5.74.